The Morgan fingerprint density at radius 1 is 1.28 bits per heavy atom. The summed E-state index contributed by atoms with van der Waals surface area (Å²) in [6.45, 7) is 0. The molecule has 1 amide bonds. The number of alkyl halides is 2. The average Bonchev–Trinajstić information content (AvgIpc) is 2.98. The van der Waals surface area contributed by atoms with Crippen LogP contribution in [0.2, 0.25) is 0 Å². The number of carbonyl (C=O) groups excluding carboxylic acids is 1. The zero-order valence-electron chi connectivity index (χ0n) is 13.3. The highest BCUT2D eigenvalue weighted by molar-refractivity contribution is 7.99. The predicted molar refractivity (Wildman–Crippen MR) is 93.4 cm³/mol. The topological polar surface area (TPSA) is 51.5 Å². The Bertz CT molecular complexity index is 895. The summed E-state index contributed by atoms with van der Waals surface area (Å²) < 4.78 is 35.8. The molecule has 0 atom stereocenters. The number of anilines is 1. The summed E-state index contributed by atoms with van der Waals surface area (Å²) >= 11 is 0.401. The summed E-state index contributed by atoms with van der Waals surface area (Å²) in [6.07, 6.45) is 1.59. The van der Waals surface area contributed by atoms with Gasteiger partial charge >= 0.3 is 0 Å². The number of para-hydroxylation sites is 1. The molecule has 3 rings (SSSR count). The Hall–Kier alpha value is -2.54. The monoisotopic (exact) mass is 363 g/mol. The number of hydrogen-bond acceptors (Lipinski definition) is 4. The number of rotatable bonds is 6. The normalized spacial score (nSPS) is 11.0. The van der Waals surface area contributed by atoms with E-state index in [1.54, 1.807) is 43.5 Å². The first-order chi connectivity index (χ1) is 12.1. The summed E-state index contributed by atoms with van der Waals surface area (Å²) in [5.74, 6) is -2.19. The van der Waals surface area contributed by atoms with Gasteiger partial charge in [-0.3, -0.25) is 4.79 Å². The van der Waals surface area contributed by atoms with E-state index in [2.05, 4.69) is 5.32 Å². The van der Waals surface area contributed by atoms with Crippen LogP contribution in [0.4, 0.5) is 14.5 Å². The van der Waals surface area contributed by atoms with Crippen molar-refractivity contribution in [3.8, 4) is 5.75 Å². The molecule has 3 aromatic rings. The number of thioether (sulfide) groups is 1. The van der Waals surface area contributed by atoms with Gasteiger partial charge in [-0.05, 0) is 24.3 Å². The van der Waals surface area contributed by atoms with Crippen molar-refractivity contribution in [2.24, 2.45) is 0 Å². The first-order valence-electron chi connectivity index (χ1n) is 7.44. The van der Waals surface area contributed by atoms with Gasteiger partial charge in [0.05, 0.1) is 25.5 Å². The number of ether oxygens (including phenoxy) is 1. The molecule has 0 saturated heterocycles. The van der Waals surface area contributed by atoms with E-state index in [1.165, 1.54) is 6.26 Å². The largest absolute Gasteiger partial charge is 0.497 e. The van der Waals surface area contributed by atoms with Crippen molar-refractivity contribution in [2.75, 3.05) is 12.4 Å². The van der Waals surface area contributed by atoms with Crippen molar-refractivity contribution < 1.29 is 22.7 Å². The molecule has 0 aliphatic carbocycles. The summed E-state index contributed by atoms with van der Waals surface area (Å²) in [6, 6.07) is 11.8. The fourth-order valence-electron chi connectivity index (χ4n) is 2.46. The molecule has 1 aromatic heterocycles. The number of amides is 1. The van der Waals surface area contributed by atoms with E-state index in [-0.39, 0.29) is 12.3 Å². The van der Waals surface area contributed by atoms with Gasteiger partial charge in [-0.2, -0.15) is 8.78 Å². The molecule has 7 heteroatoms. The van der Waals surface area contributed by atoms with Crippen LogP contribution in [0.15, 0.2) is 58.0 Å². The fourth-order valence-corrected chi connectivity index (χ4v) is 3.06. The maximum Gasteiger partial charge on any atom is 0.288 e. The predicted octanol–water partition coefficient (Wildman–Crippen LogP) is 4.94. The molecule has 0 unspecified atom stereocenters. The molecule has 25 heavy (non-hydrogen) atoms. The van der Waals surface area contributed by atoms with Gasteiger partial charge < -0.3 is 14.5 Å². The van der Waals surface area contributed by atoms with Crippen molar-refractivity contribution >= 4 is 34.3 Å². The van der Waals surface area contributed by atoms with Gasteiger partial charge in [0.15, 0.2) is 0 Å². The third-order valence-corrected chi connectivity index (χ3v) is 4.38. The minimum Gasteiger partial charge on any atom is -0.497 e. The third-order valence-electron chi connectivity index (χ3n) is 3.59. The smallest absolute Gasteiger partial charge is 0.288 e. The van der Waals surface area contributed by atoms with Crippen molar-refractivity contribution in [2.45, 2.75) is 17.1 Å². The van der Waals surface area contributed by atoms with Crippen LogP contribution < -0.4 is 10.1 Å². The highest BCUT2D eigenvalue weighted by Crippen LogP contribution is 2.32. The Labute approximate surface area is 147 Å². The highest BCUT2D eigenvalue weighted by Gasteiger charge is 2.14. The van der Waals surface area contributed by atoms with Crippen LogP contribution in [0, 0.1) is 0 Å². The molecule has 4 nitrogen and oxygen atoms in total. The number of furan rings is 1. The molecule has 130 valence electrons. The van der Waals surface area contributed by atoms with Crippen LogP contribution in [-0.4, -0.2) is 18.8 Å². The van der Waals surface area contributed by atoms with E-state index in [0.717, 1.165) is 5.39 Å². The summed E-state index contributed by atoms with van der Waals surface area (Å²) in [5, 5.41) is 3.49. The lowest BCUT2D eigenvalue weighted by molar-refractivity contribution is -0.115. The zero-order chi connectivity index (χ0) is 17.8. The Balaban J connectivity index is 1.75. The standard InChI is InChI=1S/C18H15F2NO3S/c1-23-12-6-7-13-11(10-24-15(13)9-12)8-17(22)21-14-4-2-3-5-16(14)25-18(19)20/h2-7,9-10,18H,8H2,1H3,(H,21,22). The van der Waals surface area contributed by atoms with Crippen molar-refractivity contribution in [1.29, 1.82) is 0 Å². The first kappa shape index (κ1) is 17.3. The molecule has 0 saturated carbocycles. The lowest BCUT2D eigenvalue weighted by Gasteiger charge is -2.10. The van der Waals surface area contributed by atoms with Gasteiger partial charge in [0.1, 0.15) is 11.3 Å². The number of fused-ring (bicyclic) bond motifs is 1. The first-order valence-corrected chi connectivity index (χ1v) is 8.32. The summed E-state index contributed by atoms with van der Waals surface area (Å²) in [7, 11) is 1.56. The van der Waals surface area contributed by atoms with Gasteiger partial charge in [-0.1, -0.05) is 23.9 Å². The molecule has 1 N–H and O–H groups in total. The molecular weight excluding hydrogens is 348 g/mol. The van der Waals surface area contributed by atoms with E-state index < -0.39 is 5.76 Å². The number of benzene rings is 2. The molecule has 1 heterocycles. The maximum atomic E-state index is 12.6. The molecule has 0 radical (unpaired) electrons. The Morgan fingerprint density at radius 3 is 2.84 bits per heavy atom. The second-order valence-electron chi connectivity index (χ2n) is 5.22. The number of methoxy groups -OCH3 is 1. The average molecular weight is 363 g/mol. The molecule has 0 fully saturated rings. The lowest BCUT2D eigenvalue weighted by atomic mass is 10.1. The summed E-state index contributed by atoms with van der Waals surface area (Å²) in [5.41, 5.74) is 1.71. The van der Waals surface area contributed by atoms with E-state index in [4.69, 9.17) is 9.15 Å². The van der Waals surface area contributed by atoms with Crippen molar-refractivity contribution in [1.82, 2.24) is 0 Å². The maximum absolute atomic E-state index is 12.6. The number of nitrogens with one attached hydrogen (secondary N) is 1. The van der Waals surface area contributed by atoms with Gasteiger partial charge in [0, 0.05) is 21.9 Å². The van der Waals surface area contributed by atoms with Gasteiger partial charge in [-0.25, -0.2) is 0 Å². The van der Waals surface area contributed by atoms with Crippen molar-refractivity contribution in [3.05, 3.63) is 54.3 Å². The molecule has 0 bridgehead atoms. The number of hydrogen-bond donors (Lipinski definition) is 1. The Morgan fingerprint density at radius 2 is 2.08 bits per heavy atom. The van der Waals surface area contributed by atoms with E-state index >= 15 is 0 Å². The van der Waals surface area contributed by atoms with Crippen LogP contribution in [-0.2, 0) is 11.2 Å². The second kappa shape index (κ2) is 7.57. The third kappa shape index (κ3) is 4.11. The number of halogens is 2. The zero-order valence-corrected chi connectivity index (χ0v) is 14.1. The van der Waals surface area contributed by atoms with E-state index in [9.17, 15) is 13.6 Å². The minimum atomic E-state index is -2.55. The SMILES string of the molecule is COc1ccc2c(CC(=O)Nc3ccccc3SC(F)F)coc2c1. The highest BCUT2D eigenvalue weighted by atomic mass is 32.2. The van der Waals surface area contributed by atoms with Crippen LogP contribution in [0.25, 0.3) is 11.0 Å². The molecule has 0 spiro atoms. The Kier molecular flexibility index (Phi) is 5.23. The number of carbonyl (C=O) groups is 1. The minimum absolute atomic E-state index is 0.0764. The second-order valence-corrected chi connectivity index (χ2v) is 6.25. The molecular formula is C18H15F2NO3S. The quantitative estimate of drug-likeness (QED) is 0.631. The van der Waals surface area contributed by atoms with Gasteiger partial charge in [0.2, 0.25) is 5.91 Å². The van der Waals surface area contributed by atoms with Gasteiger partial charge in [0.25, 0.3) is 5.76 Å². The van der Waals surface area contributed by atoms with E-state index in [1.807, 2.05) is 6.07 Å². The van der Waals surface area contributed by atoms with Crippen LogP contribution in [0.3, 0.4) is 0 Å². The van der Waals surface area contributed by atoms with Crippen LogP contribution >= 0.6 is 11.8 Å². The van der Waals surface area contributed by atoms with Crippen LogP contribution in [0.5, 0.6) is 5.75 Å². The lowest BCUT2D eigenvalue weighted by Crippen LogP contribution is -2.14. The summed E-state index contributed by atoms with van der Waals surface area (Å²) in [4.78, 5) is 12.6. The van der Waals surface area contributed by atoms with Crippen molar-refractivity contribution in [3.63, 3.8) is 0 Å². The molecule has 0 aliphatic heterocycles. The van der Waals surface area contributed by atoms with E-state index in [0.29, 0.717) is 39.2 Å². The molecule has 2 aromatic carbocycles. The van der Waals surface area contributed by atoms with Gasteiger partial charge in [-0.15, -0.1) is 0 Å². The molecule has 0 aliphatic rings. The fraction of sp³-hybridized carbons (Fsp3) is 0.167. The van der Waals surface area contributed by atoms with Crippen LogP contribution in [0.1, 0.15) is 5.56 Å².